The van der Waals surface area contributed by atoms with Gasteiger partial charge >= 0.3 is 0 Å². The molecule has 3 N–H and O–H groups in total. The first-order chi connectivity index (χ1) is 8.20. The minimum Gasteiger partial charge on any atom is -0.364 e. The summed E-state index contributed by atoms with van der Waals surface area (Å²) in [5.74, 6) is 0.0289. The van der Waals surface area contributed by atoms with Gasteiger partial charge in [0.05, 0.1) is 6.10 Å². The Labute approximate surface area is 127 Å². The van der Waals surface area contributed by atoms with E-state index in [1.165, 1.54) is 12.8 Å². The van der Waals surface area contributed by atoms with Crippen molar-refractivity contribution in [3.8, 4) is 0 Å². The smallest absolute Gasteiger partial charge is 0.249 e. The van der Waals surface area contributed by atoms with E-state index in [9.17, 15) is 4.79 Å². The largest absolute Gasteiger partial charge is 0.364 e. The first-order valence-electron chi connectivity index (χ1n) is 6.54. The molecule has 0 aliphatic carbocycles. The van der Waals surface area contributed by atoms with Crippen molar-refractivity contribution in [1.82, 2.24) is 10.2 Å². The Hall–Kier alpha value is -0.0700. The van der Waals surface area contributed by atoms with Crippen LogP contribution in [-0.2, 0) is 9.53 Å². The van der Waals surface area contributed by atoms with E-state index in [0.29, 0.717) is 12.6 Å². The van der Waals surface area contributed by atoms with Crippen molar-refractivity contribution in [2.75, 3.05) is 26.7 Å². The van der Waals surface area contributed by atoms with Gasteiger partial charge < -0.3 is 20.7 Å². The van der Waals surface area contributed by atoms with Crippen LogP contribution in [0.15, 0.2) is 0 Å². The minimum atomic E-state index is -0.282. The van der Waals surface area contributed by atoms with Crippen LogP contribution in [0, 0.1) is 0 Å². The molecular weight excluding hydrogens is 289 g/mol. The van der Waals surface area contributed by atoms with Crippen molar-refractivity contribution in [2.45, 2.75) is 43.9 Å². The fraction of sp³-hybridized carbons (Fsp3) is 0.917. The zero-order valence-electron chi connectivity index (χ0n) is 11.3. The third-order valence-corrected chi connectivity index (χ3v) is 3.85. The highest BCUT2D eigenvalue weighted by atomic mass is 35.5. The number of likely N-dealkylation sites (N-methyl/N-ethyl adjacent to an activating group) is 1. The number of nitrogens with one attached hydrogen (secondary N) is 1. The molecule has 1 amide bonds. The first-order valence-corrected chi connectivity index (χ1v) is 6.54. The number of hydrogen-bond acceptors (Lipinski definition) is 4. The molecule has 2 rings (SSSR count). The molecule has 0 spiro atoms. The normalized spacial score (nSPS) is 30.5. The van der Waals surface area contributed by atoms with Crippen LogP contribution in [0.2, 0.25) is 0 Å². The van der Waals surface area contributed by atoms with Gasteiger partial charge in [0, 0.05) is 19.1 Å². The SMILES string of the molecule is CN1CCCC1CNC(=O)[C@@H]1CC[C@H](CN)O1.Cl.Cl. The van der Waals surface area contributed by atoms with Crippen LogP contribution in [0.25, 0.3) is 0 Å². The molecule has 114 valence electrons. The van der Waals surface area contributed by atoms with Crippen molar-refractivity contribution in [2.24, 2.45) is 5.73 Å². The van der Waals surface area contributed by atoms with Crippen molar-refractivity contribution < 1.29 is 9.53 Å². The lowest BCUT2D eigenvalue weighted by molar-refractivity contribution is -0.132. The topological polar surface area (TPSA) is 67.6 Å². The Bertz CT molecular complexity index is 282. The number of nitrogens with zero attached hydrogens (tertiary/aromatic N) is 1. The average molecular weight is 314 g/mol. The number of nitrogens with two attached hydrogens (primary N) is 1. The summed E-state index contributed by atoms with van der Waals surface area (Å²) in [5, 5.41) is 3.00. The molecule has 0 aromatic heterocycles. The van der Waals surface area contributed by atoms with E-state index in [1.807, 2.05) is 0 Å². The van der Waals surface area contributed by atoms with Crippen LogP contribution >= 0.6 is 24.8 Å². The third-order valence-electron chi connectivity index (χ3n) is 3.85. The van der Waals surface area contributed by atoms with Crippen LogP contribution in [0.5, 0.6) is 0 Å². The van der Waals surface area contributed by atoms with E-state index in [4.69, 9.17) is 10.5 Å². The second-order valence-corrected chi connectivity index (χ2v) is 5.08. The third kappa shape index (κ3) is 5.08. The predicted molar refractivity (Wildman–Crippen MR) is 80.1 cm³/mol. The number of amides is 1. The molecule has 7 heteroatoms. The van der Waals surface area contributed by atoms with Crippen molar-refractivity contribution in [3.05, 3.63) is 0 Å². The second kappa shape index (κ2) is 8.97. The molecule has 1 unspecified atom stereocenters. The zero-order chi connectivity index (χ0) is 12.3. The predicted octanol–water partition coefficient (Wildman–Crippen LogP) is 0.547. The highest BCUT2D eigenvalue weighted by Gasteiger charge is 2.30. The molecule has 2 heterocycles. The Kier molecular flexibility index (Phi) is 8.94. The standard InChI is InChI=1S/C12H23N3O2.2ClH/c1-15-6-2-3-9(15)8-14-12(16)11-5-4-10(7-13)17-11;;/h9-11H,2-8,13H2,1H3,(H,14,16);2*1H/t9?,10-,11+;;/m1../s1. The van der Waals surface area contributed by atoms with Crippen LogP contribution in [0.4, 0.5) is 0 Å². The van der Waals surface area contributed by atoms with Gasteiger partial charge in [0.15, 0.2) is 0 Å². The maximum absolute atomic E-state index is 11.9. The molecule has 0 aromatic carbocycles. The van der Waals surface area contributed by atoms with Gasteiger partial charge in [-0.3, -0.25) is 4.79 Å². The van der Waals surface area contributed by atoms with E-state index >= 15 is 0 Å². The fourth-order valence-corrected chi connectivity index (χ4v) is 2.64. The summed E-state index contributed by atoms with van der Waals surface area (Å²) < 4.78 is 5.56. The maximum atomic E-state index is 11.9. The van der Waals surface area contributed by atoms with Crippen LogP contribution in [0.3, 0.4) is 0 Å². The van der Waals surface area contributed by atoms with Gasteiger partial charge in [-0.2, -0.15) is 0 Å². The van der Waals surface area contributed by atoms with Gasteiger partial charge in [-0.05, 0) is 39.3 Å². The maximum Gasteiger partial charge on any atom is 0.249 e. The first kappa shape index (κ1) is 18.9. The summed E-state index contributed by atoms with van der Waals surface area (Å²) in [6.07, 6.45) is 3.89. The fourth-order valence-electron chi connectivity index (χ4n) is 2.64. The minimum absolute atomic E-state index is 0. The number of ether oxygens (including phenoxy) is 1. The molecule has 19 heavy (non-hydrogen) atoms. The zero-order valence-corrected chi connectivity index (χ0v) is 13.0. The Balaban J connectivity index is 0.00000162. The molecule has 2 saturated heterocycles. The second-order valence-electron chi connectivity index (χ2n) is 5.08. The van der Waals surface area contributed by atoms with Crippen LogP contribution < -0.4 is 11.1 Å². The van der Waals surface area contributed by atoms with Crippen LogP contribution in [-0.4, -0.2) is 55.7 Å². The van der Waals surface area contributed by atoms with E-state index in [0.717, 1.165) is 25.9 Å². The van der Waals surface area contributed by atoms with Gasteiger partial charge in [-0.15, -0.1) is 24.8 Å². The Morgan fingerprint density at radius 3 is 2.63 bits per heavy atom. The van der Waals surface area contributed by atoms with Gasteiger partial charge in [-0.1, -0.05) is 0 Å². The summed E-state index contributed by atoms with van der Waals surface area (Å²) in [7, 11) is 2.11. The number of likely N-dealkylation sites (tertiary alicyclic amines) is 1. The molecule has 2 aliphatic rings. The molecule has 3 atom stereocenters. The summed E-state index contributed by atoms with van der Waals surface area (Å²) in [4.78, 5) is 14.2. The number of hydrogen-bond donors (Lipinski definition) is 2. The lowest BCUT2D eigenvalue weighted by Gasteiger charge is -2.20. The molecule has 0 saturated carbocycles. The van der Waals surface area contributed by atoms with E-state index in [1.54, 1.807) is 0 Å². The highest BCUT2D eigenvalue weighted by molar-refractivity contribution is 5.85. The van der Waals surface area contributed by atoms with Gasteiger partial charge in [0.1, 0.15) is 6.10 Å². The lowest BCUT2D eigenvalue weighted by atomic mass is 10.2. The van der Waals surface area contributed by atoms with Gasteiger partial charge in [-0.25, -0.2) is 0 Å². The quantitative estimate of drug-likeness (QED) is 0.795. The van der Waals surface area contributed by atoms with Crippen LogP contribution in [0.1, 0.15) is 25.7 Å². The van der Waals surface area contributed by atoms with Crippen molar-refractivity contribution in [1.29, 1.82) is 0 Å². The summed E-state index contributed by atoms with van der Waals surface area (Å²) >= 11 is 0. The monoisotopic (exact) mass is 313 g/mol. The molecular formula is C12H25Cl2N3O2. The number of carbonyl (C=O) groups excluding carboxylic acids is 1. The number of rotatable bonds is 4. The summed E-state index contributed by atoms with van der Waals surface area (Å²) in [5.41, 5.74) is 5.52. The number of halogens is 2. The Morgan fingerprint density at radius 1 is 1.37 bits per heavy atom. The number of carbonyl (C=O) groups is 1. The molecule has 0 aromatic rings. The molecule has 2 fully saturated rings. The molecule has 5 nitrogen and oxygen atoms in total. The van der Waals surface area contributed by atoms with Gasteiger partial charge in [0.2, 0.25) is 5.91 Å². The molecule has 2 aliphatic heterocycles. The van der Waals surface area contributed by atoms with E-state index in [-0.39, 0.29) is 42.9 Å². The lowest BCUT2D eigenvalue weighted by Crippen LogP contribution is -2.42. The van der Waals surface area contributed by atoms with E-state index in [2.05, 4.69) is 17.3 Å². The Morgan fingerprint density at radius 2 is 2.11 bits per heavy atom. The van der Waals surface area contributed by atoms with Crippen molar-refractivity contribution in [3.63, 3.8) is 0 Å². The molecule has 0 bridgehead atoms. The van der Waals surface area contributed by atoms with Crippen molar-refractivity contribution >= 4 is 30.7 Å². The summed E-state index contributed by atoms with van der Waals surface area (Å²) in [6.45, 7) is 2.38. The summed E-state index contributed by atoms with van der Waals surface area (Å²) in [6, 6.07) is 0.491. The van der Waals surface area contributed by atoms with E-state index < -0.39 is 0 Å². The average Bonchev–Trinajstić information content (AvgIpc) is 2.94. The van der Waals surface area contributed by atoms with Gasteiger partial charge in [0.25, 0.3) is 0 Å². The highest BCUT2D eigenvalue weighted by Crippen LogP contribution is 2.19. The molecule has 0 radical (unpaired) electrons.